The molecule has 2 unspecified atom stereocenters. The number of benzene rings is 2. The Morgan fingerprint density at radius 3 is 2.49 bits per heavy atom. The first-order chi connectivity index (χ1) is 18.8. The summed E-state index contributed by atoms with van der Waals surface area (Å²) in [6, 6.07) is 16.2. The minimum Gasteiger partial charge on any atom is -0.497 e. The zero-order valence-corrected chi connectivity index (χ0v) is 23.3. The van der Waals surface area contributed by atoms with Crippen LogP contribution in [0, 0.1) is 11.8 Å². The number of carbonyl (C=O) groups is 3. The number of unbranched alkanes of at least 4 members (excludes halogenated alkanes) is 2. The van der Waals surface area contributed by atoms with Gasteiger partial charge in [0.15, 0.2) is 0 Å². The molecule has 208 valence electrons. The highest BCUT2D eigenvalue weighted by Gasteiger charge is 2.76. The molecule has 5 rings (SSSR count). The van der Waals surface area contributed by atoms with E-state index in [1.165, 1.54) is 0 Å². The molecule has 8 nitrogen and oxygen atoms in total. The van der Waals surface area contributed by atoms with Gasteiger partial charge in [-0.3, -0.25) is 14.4 Å². The number of hydrogen-bond acceptors (Lipinski definition) is 6. The molecule has 0 saturated carbocycles. The molecule has 5 atom stereocenters. The fourth-order valence-corrected chi connectivity index (χ4v) is 9.07. The number of methoxy groups -OCH3 is 1. The van der Waals surface area contributed by atoms with Crippen LogP contribution in [-0.2, 0) is 20.9 Å². The van der Waals surface area contributed by atoms with Crippen LogP contribution in [0.25, 0.3) is 0 Å². The fraction of sp³-hybridized carbons (Fsp3) is 0.500. The molecule has 0 aromatic heterocycles. The second-order valence-electron chi connectivity index (χ2n) is 11.0. The monoisotopic (exact) mass is 551 g/mol. The summed E-state index contributed by atoms with van der Waals surface area (Å²) >= 11 is 1.67. The van der Waals surface area contributed by atoms with Gasteiger partial charge in [0.05, 0.1) is 23.7 Å². The number of aliphatic hydroxyl groups is 1. The lowest BCUT2D eigenvalue weighted by atomic mass is 9.66. The molecule has 0 radical (unpaired) electrons. The Morgan fingerprint density at radius 1 is 1.05 bits per heavy atom. The van der Waals surface area contributed by atoms with Crippen LogP contribution in [0.1, 0.15) is 44.6 Å². The maximum atomic E-state index is 14.1. The molecule has 3 amide bonds. The molecule has 39 heavy (non-hydrogen) atoms. The van der Waals surface area contributed by atoms with Crippen LogP contribution in [0.2, 0.25) is 0 Å². The van der Waals surface area contributed by atoms with Gasteiger partial charge in [-0.15, -0.1) is 11.8 Å². The van der Waals surface area contributed by atoms with Crippen LogP contribution in [-0.4, -0.2) is 63.5 Å². The summed E-state index contributed by atoms with van der Waals surface area (Å²) in [7, 11) is 1.59. The predicted octanol–water partition coefficient (Wildman–Crippen LogP) is 3.59. The standard InChI is InChI=1S/C30H37N3O5S/c1-29-15-16-30(39-29)24(23(29)26(35)31-19-20-9-5-3-6-10-20)28(37)33(17-7-4-8-18-34)25(30)27(36)32-21-11-13-22(38-2)14-12-21/h3,5-6,9-14,23-25,34H,4,7-8,15-19H2,1-2H3,(H,31,35)(H,32,36)/t23-,24+,25?,29+,30?/m1/s1. The van der Waals surface area contributed by atoms with E-state index in [4.69, 9.17) is 4.74 Å². The van der Waals surface area contributed by atoms with E-state index >= 15 is 0 Å². The van der Waals surface area contributed by atoms with Gasteiger partial charge < -0.3 is 25.4 Å². The number of amides is 3. The van der Waals surface area contributed by atoms with E-state index in [9.17, 15) is 19.5 Å². The summed E-state index contributed by atoms with van der Waals surface area (Å²) in [6.07, 6.45) is 3.58. The van der Waals surface area contributed by atoms with Crippen molar-refractivity contribution in [3.05, 3.63) is 60.2 Å². The Morgan fingerprint density at radius 2 is 1.79 bits per heavy atom. The molecular weight excluding hydrogens is 514 g/mol. The van der Waals surface area contributed by atoms with E-state index in [2.05, 4.69) is 17.6 Å². The maximum absolute atomic E-state index is 14.1. The van der Waals surface area contributed by atoms with Gasteiger partial charge in [-0.05, 0) is 68.9 Å². The molecule has 3 heterocycles. The number of nitrogens with one attached hydrogen (secondary N) is 2. The van der Waals surface area contributed by atoms with E-state index < -0.39 is 27.4 Å². The lowest BCUT2D eigenvalue weighted by Gasteiger charge is -2.35. The van der Waals surface area contributed by atoms with Crippen molar-refractivity contribution in [1.29, 1.82) is 0 Å². The Kier molecular flexibility index (Phi) is 7.91. The molecule has 0 aliphatic carbocycles. The van der Waals surface area contributed by atoms with Crippen molar-refractivity contribution in [1.82, 2.24) is 10.2 Å². The fourth-order valence-electron chi connectivity index (χ4n) is 6.72. The Hall–Kier alpha value is -3.04. The van der Waals surface area contributed by atoms with Crippen LogP contribution in [0.4, 0.5) is 5.69 Å². The molecular formula is C30H37N3O5S. The number of likely N-dealkylation sites (tertiary alicyclic amines) is 1. The second kappa shape index (κ2) is 11.2. The summed E-state index contributed by atoms with van der Waals surface area (Å²) in [6.45, 7) is 3.00. The minimum atomic E-state index is -0.676. The van der Waals surface area contributed by atoms with Crippen molar-refractivity contribution < 1.29 is 24.2 Å². The van der Waals surface area contributed by atoms with E-state index in [0.29, 0.717) is 43.8 Å². The number of fused-ring (bicyclic) bond motifs is 1. The molecule has 3 aliphatic rings. The zero-order chi connectivity index (χ0) is 27.6. The SMILES string of the molecule is COc1ccc(NC(=O)C2N(CCCCCO)C(=O)[C@@H]3[C@H](C(=O)NCc4ccccc4)[C@]4(C)CCC23S4)cc1. The molecule has 9 heteroatoms. The summed E-state index contributed by atoms with van der Waals surface area (Å²) in [5.74, 6) is -0.821. The van der Waals surface area contributed by atoms with Crippen LogP contribution >= 0.6 is 11.8 Å². The third-order valence-corrected chi connectivity index (χ3v) is 10.5. The summed E-state index contributed by atoms with van der Waals surface area (Å²) < 4.78 is 4.16. The van der Waals surface area contributed by atoms with Gasteiger partial charge in [0.1, 0.15) is 11.8 Å². The van der Waals surface area contributed by atoms with Gasteiger partial charge in [-0.2, -0.15) is 0 Å². The lowest BCUT2D eigenvalue weighted by molar-refractivity contribution is -0.140. The van der Waals surface area contributed by atoms with Crippen LogP contribution < -0.4 is 15.4 Å². The number of aliphatic hydroxyl groups excluding tert-OH is 1. The molecule has 2 aromatic carbocycles. The third-order valence-electron chi connectivity index (χ3n) is 8.53. The highest BCUT2D eigenvalue weighted by atomic mass is 32.2. The molecule has 1 spiro atoms. The predicted molar refractivity (Wildman–Crippen MR) is 151 cm³/mol. The average Bonchev–Trinajstić information content (AvgIpc) is 3.51. The number of rotatable bonds is 11. The maximum Gasteiger partial charge on any atom is 0.248 e. The van der Waals surface area contributed by atoms with Crippen molar-refractivity contribution in [2.24, 2.45) is 11.8 Å². The first-order valence-electron chi connectivity index (χ1n) is 13.7. The molecule has 2 aromatic rings. The smallest absolute Gasteiger partial charge is 0.248 e. The molecule has 3 fully saturated rings. The Bertz CT molecular complexity index is 1210. The summed E-state index contributed by atoms with van der Waals surface area (Å²) in [4.78, 5) is 43.5. The number of ether oxygens (including phenoxy) is 1. The van der Waals surface area contributed by atoms with Crippen molar-refractivity contribution >= 4 is 35.2 Å². The number of anilines is 1. The van der Waals surface area contributed by atoms with Gasteiger partial charge in [-0.1, -0.05) is 30.3 Å². The van der Waals surface area contributed by atoms with E-state index in [-0.39, 0.29) is 24.3 Å². The van der Waals surface area contributed by atoms with Crippen molar-refractivity contribution in [3.63, 3.8) is 0 Å². The van der Waals surface area contributed by atoms with Crippen LogP contribution in [0.15, 0.2) is 54.6 Å². The first kappa shape index (κ1) is 27.5. The van der Waals surface area contributed by atoms with Crippen molar-refractivity contribution in [3.8, 4) is 5.75 Å². The number of carbonyl (C=O) groups excluding carboxylic acids is 3. The number of hydrogen-bond donors (Lipinski definition) is 3. The van der Waals surface area contributed by atoms with E-state index in [1.807, 2.05) is 30.3 Å². The summed E-state index contributed by atoms with van der Waals surface area (Å²) in [5, 5.41) is 15.3. The third kappa shape index (κ3) is 5.02. The molecule has 3 N–H and O–H groups in total. The Labute approximate surface area is 233 Å². The zero-order valence-electron chi connectivity index (χ0n) is 22.5. The van der Waals surface area contributed by atoms with Gasteiger partial charge in [0.25, 0.3) is 0 Å². The largest absolute Gasteiger partial charge is 0.497 e. The van der Waals surface area contributed by atoms with Gasteiger partial charge in [0.2, 0.25) is 17.7 Å². The first-order valence-corrected chi connectivity index (χ1v) is 14.5. The minimum absolute atomic E-state index is 0.0970. The van der Waals surface area contributed by atoms with Crippen LogP contribution in [0.3, 0.4) is 0 Å². The van der Waals surface area contributed by atoms with Gasteiger partial charge in [-0.25, -0.2) is 0 Å². The normalized spacial score (nSPS) is 28.8. The van der Waals surface area contributed by atoms with E-state index in [0.717, 1.165) is 18.4 Å². The lowest BCUT2D eigenvalue weighted by Crippen LogP contribution is -2.52. The van der Waals surface area contributed by atoms with Crippen molar-refractivity contribution in [2.75, 3.05) is 25.6 Å². The van der Waals surface area contributed by atoms with E-state index in [1.54, 1.807) is 48.0 Å². The topological polar surface area (TPSA) is 108 Å². The highest BCUT2D eigenvalue weighted by molar-refractivity contribution is 8.02. The van der Waals surface area contributed by atoms with Crippen molar-refractivity contribution in [2.45, 2.75) is 61.1 Å². The van der Waals surface area contributed by atoms with Crippen LogP contribution in [0.5, 0.6) is 5.75 Å². The second-order valence-corrected chi connectivity index (χ2v) is 12.9. The molecule has 3 saturated heterocycles. The molecule has 2 bridgehead atoms. The quantitative estimate of drug-likeness (QED) is 0.369. The highest BCUT2D eigenvalue weighted by Crippen LogP contribution is 2.71. The number of nitrogens with zero attached hydrogens (tertiary/aromatic N) is 1. The van der Waals surface area contributed by atoms with Gasteiger partial charge in [0, 0.05) is 30.1 Å². The number of thioether (sulfide) groups is 1. The Balaban J connectivity index is 1.42. The average molecular weight is 552 g/mol. The summed E-state index contributed by atoms with van der Waals surface area (Å²) in [5.41, 5.74) is 1.63. The molecule has 3 aliphatic heterocycles. The van der Waals surface area contributed by atoms with Gasteiger partial charge >= 0.3 is 0 Å².